The average Bonchev–Trinajstić information content (AvgIpc) is 2.54. The van der Waals surface area contributed by atoms with Crippen LogP contribution in [-0.2, 0) is 6.54 Å². The molecule has 0 atom stereocenters. The van der Waals surface area contributed by atoms with Gasteiger partial charge in [-0.15, -0.1) is 0 Å². The number of benzene rings is 1. The summed E-state index contributed by atoms with van der Waals surface area (Å²) < 4.78 is 3.29. The molecule has 0 aliphatic heterocycles. The summed E-state index contributed by atoms with van der Waals surface area (Å²) in [5.41, 5.74) is 1.30. The highest BCUT2D eigenvalue weighted by molar-refractivity contribution is 14.1. The third-order valence-electron chi connectivity index (χ3n) is 1.86. The van der Waals surface area contributed by atoms with Gasteiger partial charge in [0.15, 0.2) is 0 Å². The van der Waals surface area contributed by atoms with Gasteiger partial charge in [-0.3, -0.25) is 0 Å². The fourth-order valence-electron chi connectivity index (χ4n) is 1.20. The van der Waals surface area contributed by atoms with Gasteiger partial charge in [0.25, 0.3) is 0 Å². The van der Waals surface area contributed by atoms with Crippen LogP contribution in [0.25, 0.3) is 0 Å². The molecule has 0 fully saturated rings. The quantitative estimate of drug-likeness (QED) is 0.775. The number of rotatable bonds is 2. The van der Waals surface area contributed by atoms with Gasteiger partial charge in [0.05, 0.1) is 16.2 Å². The van der Waals surface area contributed by atoms with Gasteiger partial charge in [0.1, 0.15) is 0 Å². The molecule has 0 radical (unpaired) electrons. The van der Waals surface area contributed by atoms with Crippen molar-refractivity contribution in [3.63, 3.8) is 0 Å². The Balaban J connectivity index is 2.20. The average molecular weight is 284 g/mol. The molecule has 0 aliphatic carbocycles. The van der Waals surface area contributed by atoms with Gasteiger partial charge in [-0.1, -0.05) is 30.3 Å². The molecule has 0 amide bonds. The van der Waals surface area contributed by atoms with E-state index in [9.17, 15) is 0 Å². The predicted octanol–water partition coefficient (Wildman–Crippen LogP) is 2.54. The monoisotopic (exact) mass is 284 g/mol. The van der Waals surface area contributed by atoms with E-state index < -0.39 is 0 Å². The molecule has 1 aromatic carbocycles. The number of hydrogen-bond acceptors (Lipinski definition) is 1. The first kappa shape index (κ1) is 8.74. The number of hydrogen-bond donors (Lipinski definition) is 0. The molecule has 0 unspecified atom stereocenters. The lowest BCUT2D eigenvalue weighted by atomic mass is 10.2. The molecule has 0 aliphatic rings. The van der Waals surface area contributed by atoms with E-state index in [4.69, 9.17) is 0 Å². The molecule has 0 saturated heterocycles. The number of nitrogens with zero attached hydrogens (tertiary/aromatic N) is 2. The molecule has 0 spiro atoms. The van der Waals surface area contributed by atoms with Gasteiger partial charge in [0, 0.05) is 6.54 Å². The summed E-state index contributed by atoms with van der Waals surface area (Å²) in [5.74, 6) is 0. The van der Waals surface area contributed by atoms with Crippen LogP contribution >= 0.6 is 22.6 Å². The zero-order valence-corrected chi connectivity index (χ0v) is 9.18. The molecule has 66 valence electrons. The SMILES string of the molecule is Ic1cncn1Cc1ccccc1. The van der Waals surface area contributed by atoms with Gasteiger partial charge in [0.2, 0.25) is 0 Å². The predicted molar refractivity (Wildman–Crippen MR) is 60.5 cm³/mol. The highest BCUT2D eigenvalue weighted by Gasteiger charge is 1.97. The van der Waals surface area contributed by atoms with Gasteiger partial charge < -0.3 is 4.57 Å². The van der Waals surface area contributed by atoms with E-state index in [0.29, 0.717) is 0 Å². The summed E-state index contributed by atoms with van der Waals surface area (Å²) in [6.45, 7) is 0.902. The van der Waals surface area contributed by atoms with Gasteiger partial charge in [-0.2, -0.15) is 0 Å². The minimum absolute atomic E-state index is 0.902. The summed E-state index contributed by atoms with van der Waals surface area (Å²) in [4.78, 5) is 4.07. The van der Waals surface area contributed by atoms with Crippen LogP contribution in [-0.4, -0.2) is 9.55 Å². The third kappa shape index (κ3) is 2.09. The van der Waals surface area contributed by atoms with Crippen molar-refractivity contribution < 1.29 is 0 Å². The minimum Gasteiger partial charge on any atom is -0.322 e. The molecule has 0 bridgehead atoms. The van der Waals surface area contributed by atoms with Crippen molar-refractivity contribution in [2.75, 3.05) is 0 Å². The first-order valence-corrected chi connectivity index (χ1v) is 5.14. The van der Waals surface area contributed by atoms with Crippen molar-refractivity contribution in [2.24, 2.45) is 0 Å². The molecule has 2 rings (SSSR count). The van der Waals surface area contributed by atoms with Gasteiger partial charge in [-0.05, 0) is 28.2 Å². The van der Waals surface area contributed by atoms with Crippen molar-refractivity contribution in [1.82, 2.24) is 9.55 Å². The molecular formula is C10H9IN2. The smallest absolute Gasteiger partial charge is 0.0998 e. The topological polar surface area (TPSA) is 17.8 Å². The third-order valence-corrected chi connectivity index (χ3v) is 2.76. The van der Waals surface area contributed by atoms with Crippen LogP contribution in [0, 0.1) is 3.70 Å². The van der Waals surface area contributed by atoms with Crippen molar-refractivity contribution in [3.8, 4) is 0 Å². The molecular weight excluding hydrogens is 275 g/mol. The fraction of sp³-hybridized carbons (Fsp3) is 0.100. The Kier molecular flexibility index (Phi) is 2.63. The Morgan fingerprint density at radius 3 is 2.62 bits per heavy atom. The normalized spacial score (nSPS) is 10.2. The summed E-state index contributed by atoms with van der Waals surface area (Å²) in [5, 5.41) is 0. The summed E-state index contributed by atoms with van der Waals surface area (Å²) in [6.07, 6.45) is 3.72. The van der Waals surface area contributed by atoms with E-state index in [0.717, 1.165) is 6.54 Å². The largest absolute Gasteiger partial charge is 0.322 e. The maximum absolute atomic E-state index is 4.07. The molecule has 2 aromatic rings. The van der Waals surface area contributed by atoms with Crippen LogP contribution in [0.15, 0.2) is 42.9 Å². The Hall–Kier alpha value is -0.840. The van der Waals surface area contributed by atoms with Crippen molar-refractivity contribution in [2.45, 2.75) is 6.54 Å². The summed E-state index contributed by atoms with van der Waals surface area (Å²) in [6, 6.07) is 10.4. The molecule has 13 heavy (non-hydrogen) atoms. The first-order valence-electron chi connectivity index (χ1n) is 4.06. The van der Waals surface area contributed by atoms with E-state index in [-0.39, 0.29) is 0 Å². The van der Waals surface area contributed by atoms with Crippen LogP contribution in [0.2, 0.25) is 0 Å². The van der Waals surface area contributed by atoms with Crippen LogP contribution in [0.3, 0.4) is 0 Å². The first-order chi connectivity index (χ1) is 6.36. The highest BCUT2D eigenvalue weighted by atomic mass is 127. The number of imidazole rings is 1. The summed E-state index contributed by atoms with van der Waals surface area (Å²) in [7, 11) is 0. The van der Waals surface area contributed by atoms with Gasteiger partial charge in [-0.25, -0.2) is 4.98 Å². The zero-order valence-electron chi connectivity index (χ0n) is 7.02. The van der Waals surface area contributed by atoms with E-state index in [2.05, 4.69) is 56.4 Å². The van der Waals surface area contributed by atoms with E-state index in [1.807, 2.05) is 18.6 Å². The van der Waals surface area contributed by atoms with Crippen molar-refractivity contribution >= 4 is 22.6 Å². The number of halogens is 1. The lowest BCUT2D eigenvalue weighted by molar-refractivity contribution is 0.778. The Morgan fingerprint density at radius 2 is 2.00 bits per heavy atom. The molecule has 0 saturated carbocycles. The van der Waals surface area contributed by atoms with E-state index >= 15 is 0 Å². The lowest BCUT2D eigenvalue weighted by Crippen LogP contribution is -1.99. The van der Waals surface area contributed by atoms with Crippen molar-refractivity contribution in [3.05, 3.63) is 52.1 Å². The molecule has 2 nitrogen and oxygen atoms in total. The number of aromatic nitrogens is 2. The van der Waals surface area contributed by atoms with Crippen molar-refractivity contribution in [1.29, 1.82) is 0 Å². The maximum atomic E-state index is 4.07. The van der Waals surface area contributed by atoms with Gasteiger partial charge >= 0.3 is 0 Å². The standard InChI is InChI=1S/C10H9IN2/c11-10-6-12-8-13(10)7-9-4-2-1-3-5-9/h1-6,8H,7H2. The Morgan fingerprint density at radius 1 is 1.23 bits per heavy atom. The summed E-state index contributed by atoms with van der Waals surface area (Å²) >= 11 is 2.28. The second-order valence-electron chi connectivity index (χ2n) is 2.83. The van der Waals surface area contributed by atoms with Crippen LogP contribution < -0.4 is 0 Å². The zero-order chi connectivity index (χ0) is 9.10. The highest BCUT2D eigenvalue weighted by Crippen LogP contribution is 2.07. The lowest BCUT2D eigenvalue weighted by Gasteiger charge is -2.03. The molecule has 0 N–H and O–H groups in total. The molecule has 1 aromatic heterocycles. The molecule has 1 heterocycles. The fourth-order valence-corrected chi connectivity index (χ4v) is 1.66. The Labute approximate surface area is 90.8 Å². The maximum Gasteiger partial charge on any atom is 0.0998 e. The van der Waals surface area contributed by atoms with Crippen LogP contribution in [0.4, 0.5) is 0 Å². The second kappa shape index (κ2) is 3.91. The van der Waals surface area contributed by atoms with Crippen LogP contribution in [0.1, 0.15) is 5.56 Å². The van der Waals surface area contributed by atoms with Crippen LogP contribution in [0.5, 0.6) is 0 Å². The van der Waals surface area contributed by atoms with E-state index in [1.165, 1.54) is 9.26 Å². The Bertz CT molecular complexity index is 381. The second-order valence-corrected chi connectivity index (χ2v) is 3.94. The minimum atomic E-state index is 0.902. The molecule has 3 heteroatoms. The van der Waals surface area contributed by atoms with E-state index in [1.54, 1.807) is 0 Å².